The Morgan fingerprint density at radius 1 is 1.67 bits per heavy atom. The van der Waals surface area contributed by atoms with Gasteiger partial charge in [0.15, 0.2) is 5.78 Å². The first-order chi connectivity index (χ1) is 7.29. The summed E-state index contributed by atoms with van der Waals surface area (Å²) in [6.07, 6.45) is 2.93. The van der Waals surface area contributed by atoms with E-state index in [1.54, 1.807) is 12.4 Å². The SMILES string of the molecule is Cc1ccncc1C(=O)C1CNCCO1. The summed E-state index contributed by atoms with van der Waals surface area (Å²) in [4.78, 5) is 16.0. The van der Waals surface area contributed by atoms with Gasteiger partial charge in [-0.25, -0.2) is 0 Å². The fourth-order valence-electron chi connectivity index (χ4n) is 1.63. The van der Waals surface area contributed by atoms with E-state index >= 15 is 0 Å². The number of ketones is 1. The minimum atomic E-state index is -0.360. The van der Waals surface area contributed by atoms with Gasteiger partial charge in [-0.1, -0.05) is 0 Å². The van der Waals surface area contributed by atoms with Crippen molar-refractivity contribution in [2.45, 2.75) is 13.0 Å². The van der Waals surface area contributed by atoms with Gasteiger partial charge < -0.3 is 10.1 Å². The van der Waals surface area contributed by atoms with Gasteiger partial charge in [-0.3, -0.25) is 9.78 Å². The van der Waals surface area contributed by atoms with Crippen LogP contribution >= 0.6 is 0 Å². The van der Waals surface area contributed by atoms with Gasteiger partial charge in [0.25, 0.3) is 0 Å². The molecule has 4 heteroatoms. The number of hydrogen-bond donors (Lipinski definition) is 1. The molecule has 0 radical (unpaired) electrons. The molecule has 1 aliphatic heterocycles. The van der Waals surface area contributed by atoms with Gasteiger partial charge >= 0.3 is 0 Å². The zero-order chi connectivity index (χ0) is 10.7. The van der Waals surface area contributed by atoms with E-state index in [1.165, 1.54) is 0 Å². The first-order valence-corrected chi connectivity index (χ1v) is 5.06. The summed E-state index contributed by atoms with van der Waals surface area (Å²) in [6.45, 7) is 3.91. The van der Waals surface area contributed by atoms with Gasteiger partial charge in [-0.05, 0) is 18.6 Å². The normalized spacial score (nSPS) is 21.3. The topological polar surface area (TPSA) is 51.2 Å². The molecular weight excluding hydrogens is 192 g/mol. The molecule has 1 fully saturated rings. The number of aryl methyl sites for hydroxylation is 1. The number of aromatic nitrogens is 1. The van der Waals surface area contributed by atoms with Crippen molar-refractivity contribution < 1.29 is 9.53 Å². The predicted molar refractivity (Wildman–Crippen MR) is 55.9 cm³/mol. The molecule has 0 spiro atoms. The molecule has 0 bridgehead atoms. The molecular formula is C11H14N2O2. The van der Waals surface area contributed by atoms with E-state index in [0.717, 1.165) is 12.1 Å². The fourth-order valence-corrected chi connectivity index (χ4v) is 1.63. The molecule has 2 rings (SSSR count). The van der Waals surface area contributed by atoms with E-state index in [1.807, 2.05) is 13.0 Å². The molecule has 1 unspecified atom stereocenters. The number of pyridine rings is 1. The lowest BCUT2D eigenvalue weighted by Crippen LogP contribution is -2.43. The number of ether oxygens (including phenoxy) is 1. The van der Waals surface area contributed by atoms with Gasteiger partial charge in [0, 0.05) is 31.0 Å². The third-order valence-corrected chi connectivity index (χ3v) is 2.52. The first-order valence-electron chi connectivity index (χ1n) is 5.06. The number of hydrogen-bond acceptors (Lipinski definition) is 4. The number of carbonyl (C=O) groups is 1. The van der Waals surface area contributed by atoms with Crippen molar-refractivity contribution in [1.29, 1.82) is 0 Å². The fraction of sp³-hybridized carbons (Fsp3) is 0.455. The number of nitrogens with zero attached hydrogens (tertiary/aromatic N) is 1. The standard InChI is InChI=1S/C11H14N2O2/c1-8-2-3-12-6-9(8)11(14)10-7-13-4-5-15-10/h2-3,6,10,13H,4-5,7H2,1H3. The molecule has 1 aliphatic rings. The highest BCUT2D eigenvalue weighted by atomic mass is 16.5. The van der Waals surface area contributed by atoms with E-state index < -0.39 is 0 Å². The molecule has 15 heavy (non-hydrogen) atoms. The molecule has 0 aliphatic carbocycles. The van der Waals surface area contributed by atoms with Crippen LogP contribution in [0.2, 0.25) is 0 Å². The van der Waals surface area contributed by atoms with Crippen molar-refractivity contribution in [1.82, 2.24) is 10.3 Å². The lowest BCUT2D eigenvalue weighted by molar-refractivity contribution is 0.0268. The summed E-state index contributed by atoms with van der Waals surface area (Å²) < 4.78 is 5.41. The van der Waals surface area contributed by atoms with Gasteiger partial charge in [-0.2, -0.15) is 0 Å². The van der Waals surface area contributed by atoms with E-state index in [4.69, 9.17) is 4.74 Å². The number of nitrogens with one attached hydrogen (secondary N) is 1. The van der Waals surface area contributed by atoms with Gasteiger partial charge in [0.2, 0.25) is 0 Å². The van der Waals surface area contributed by atoms with Gasteiger partial charge in [-0.15, -0.1) is 0 Å². The number of morpholine rings is 1. The van der Waals surface area contributed by atoms with Crippen LogP contribution in [0.3, 0.4) is 0 Å². The Morgan fingerprint density at radius 2 is 2.53 bits per heavy atom. The van der Waals surface area contributed by atoms with Crippen LogP contribution in [0.5, 0.6) is 0 Å². The molecule has 1 saturated heterocycles. The van der Waals surface area contributed by atoms with Crippen LogP contribution in [0.15, 0.2) is 18.5 Å². The molecule has 4 nitrogen and oxygen atoms in total. The first kappa shape index (κ1) is 10.3. The van der Waals surface area contributed by atoms with E-state index in [9.17, 15) is 4.79 Å². The molecule has 0 saturated carbocycles. The minimum absolute atomic E-state index is 0.0211. The highest BCUT2D eigenvalue weighted by molar-refractivity contribution is 6.00. The second-order valence-electron chi connectivity index (χ2n) is 3.62. The zero-order valence-electron chi connectivity index (χ0n) is 8.69. The summed E-state index contributed by atoms with van der Waals surface area (Å²) in [5.74, 6) is 0.0211. The molecule has 2 heterocycles. The van der Waals surface area contributed by atoms with Crippen molar-refractivity contribution >= 4 is 5.78 Å². The van der Waals surface area contributed by atoms with Crippen LogP contribution in [0.25, 0.3) is 0 Å². The van der Waals surface area contributed by atoms with Crippen LogP contribution < -0.4 is 5.32 Å². The Hall–Kier alpha value is -1.26. The third-order valence-electron chi connectivity index (χ3n) is 2.52. The van der Waals surface area contributed by atoms with Crippen LogP contribution in [0.4, 0.5) is 0 Å². The summed E-state index contributed by atoms with van der Waals surface area (Å²) >= 11 is 0. The summed E-state index contributed by atoms with van der Waals surface area (Å²) in [7, 11) is 0. The van der Waals surface area contributed by atoms with Crippen LogP contribution in [-0.2, 0) is 4.74 Å². The summed E-state index contributed by atoms with van der Waals surface area (Å²) in [5, 5.41) is 3.14. The highest BCUT2D eigenvalue weighted by Gasteiger charge is 2.24. The van der Waals surface area contributed by atoms with Crippen molar-refractivity contribution in [2.24, 2.45) is 0 Å². The smallest absolute Gasteiger partial charge is 0.194 e. The zero-order valence-corrected chi connectivity index (χ0v) is 8.69. The average Bonchev–Trinajstić information content (AvgIpc) is 2.30. The lowest BCUT2D eigenvalue weighted by Gasteiger charge is -2.22. The second kappa shape index (κ2) is 4.51. The predicted octanol–water partition coefficient (Wildman–Crippen LogP) is 0.561. The Kier molecular flexibility index (Phi) is 3.08. The number of carbonyl (C=O) groups excluding carboxylic acids is 1. The van der Waals surface area contributed by atoms with Gasteiger partial charge in [0.1, 0.15) is 6.10 Å². The average molecular weight is 206 g/mol. The largest absolute Gasteiger partial charge is 0.367 e. The second-order valence-corrected chi connectivity index (χ2v) is 3.62. The van der Waals surface area contributed by atoms with Crippen molar-refractivity contribution in [2.75, 3.05) is 19.7 Å². The molecule has 0 aromatic carbocycles. The Labute approximate surface area is 88.7 Å². The van der Waals surface area contributed by atoms with E-state index in [-0.39, 0.29) is 11.9 Å². The third kappa shape index (κ3) is 2.22. The van der Waals surface area contributed by atoms with Crippen LogP contribution in [0, 0.1) is 6.92 Å². The van der Waals surface area contributed by atoms with Crippen LogP contribution in [0.1, 0.15) is 15.9 Å². The molecule has 80 valence electrons. The monoisotopic (exact) mass is 206 g/mol. The summed E-state index contributed by atoms with van der Waals surface area (Å²) in [5.41, 5.74) is 1.61. The maximum absolute atomic E-state index is 12.0. The minimum Gasteiger partial charge on any atom is -0.367 e. The van der Waals surface area contributed by atoms with E-state index in [0.29, 0.717) is 18.7 Å². The number of Topliss-reactive ketones (excluding diaryl/α,β-unsaturated/α-hetero) is 1. The maximum Gasteiger partial charge on any atom is 0.194 e. The molecule has 1 N–H and O–H groups in total. The van der Waals surface area contributed by atoms with Crippen molar-refractivity contribution in [3.63, 3.8) is 0 Å². The quantitative estimate of drug-likeness (QED) is 0.718. The molecule has 0 amide bonds. The lowest BCUT2D eigenvalue weighted by atomic mass is 10.0. The van der Waals surface area contributed by atoms with E-state index in [2.05, 4.69) is 10.3 Å². The molecule has 1 aromatic heterocycles. The van der Waals surface area contributed by atoms with Gasteiger partial charge in [0.05, 0.1) is 6.61 Å². The molecule has 1 aromatic rings. The number of rotatable bonds is 2. The Balaban J connectivity index is 2.16. The van der Waals surface area contributed by atoms with Crippen LogP contribution in [-0.4, -0.2) is 36.6 Å². The van der Waals surface area contributed by atoms with Crippen molar-refractivity contribution in [3.05, 3.63) is 29.6 Å². The Morgan fingerprint density at radius 3 is 3.20 bits per heavy atom. The maximum atomic E-state index is 12.0. The summed E-state index contributed by atoms with van der Waals surface area (Å²) in [6, 6.07) is 1.84. The Bertz CT molecular complexity index is 359. The highest BCUT2D eigenvalue weighted by Crippen LogP contribution is 2.11. The van der Waals surface area contributed by atoms with Crippen molar-refractivity contribution in [3.8, 4) is 0 Å². The molecule has 1 atom stereocenters.